The molecule has 0 aliphatic rings. The standard InChI is InChI=1S/C10H7BrN4O/c11-8-3-9(6-12-5-8)15-10(16)7-1-2-13-14-4-7/h1-6H,(H,15,16). The molecule has 0 aliphatic carbocycles. The fourth-order valence-electron chi connectivity index (χ4n) is 1.11. The first-order valence-electron chi connectivity index (χ1n) is 4.44. The fraction of sp³-hybridized carbons (Fsp3) is 0. The van der Waals surface area contributed by atoms with Crippen LogP contribution < -0.4 is 5.32 Å². The molecule has 2 aromatic heterocycles. The number of pyridine rings is 1. The van der Waals surface area contributed by atoms with Crippen LogP contribution in [0.2, 0.25) is 0 Å². The molecule has 0 radical (unpaired) electrons. The lowest BCUT2D eigenvalue weighted by Crippen LogP contribution is -2.12. The summed E-state index contributed by atoms with van der Waals surface area (Å²) in [6.07, 6.45) is 6.08. The lowest BCUT2D eigenvalue weighted by molar-refractivity contribution is 0.102. The summed E-state index contributed by atoms with van der Waals surface area (Å²) in [6, 6.07) is 3.35. The Morgan fingerprint density at radius 2 is 2.12 bits per heavy atom. The van der Waals surface area contributed by atoms with E-state index >= 15 is 0 Å². The fourth-order valence-corrected chi connectivity index (χ4v) is 1.47. The Morgan fingerprint density at radius 3 is 2.81 bits per heavy atom. The molecule has 0 bridgehead atoms. The van der Waals surface area contributed by atoms with E-state index in [1.807, 2.05) is 0 Å². The first-order valence-corrected chi connectivity index (χ1v) is 5.23. The number of hydrogen-bond donors (Lipinski definition) is 1. The number of hydrogen-bond acceptors (Lipinski definition) is 4. The number of nitrogens with zero attached hydrogens (tertiary/aromatic N) is 3. The molecular weight excluding hydrogens is 272 g/mol. The average molecular weight is 279 g/mol. The number of halogens is 1. The summed E-state index contributed by atoms with van der Waals surface area (Å²) < 4.78 is 0.804. The maximum atomic E-state index is 11.7. The van der Waals surface area contributed by atoms with Crippen LogP contribution in [0.3, 0.4) is 0 Å². The smallest absolute Gasteiger partial charge is 0.257 e. The topological polar surface area (TPSA) is 67.8 Å². The molecule has 6 heteroatoms. The van der Waals surface area contributed by atoms with Crippen molar-refractivity contribution in [1.82, 2.24) is 15.2 Å². The molecule has 0 saturated heterocycles. The lowest BCUT2D eigenvalue weighted by Gasteiger charge is -2.03. The molecule has 0 aromatic carbocycles. The van der Waals surface area contributed by atoms with E-state index in [4.69, 9.17) is 0 Å². The largest absolute Gasteiger partial charge is 0.321 e. The van der Waals surface area contributed by atoms with Gasteiger partial charge in [0.25, 0.3) is 5.91 Å². The van der Waals surface area contributed by atoms with E-state index in [-0.39, 0.29) is 5.91 Å². The molecular formula is C10H7BrN4O. The highest BCUT2D eigenvalue weighted by Crippen LogP contribution is 2.14. The molecule has 0 unspecified atom stereocenters. The van der Waals surface area contributed by atoms with Gasteiger partial charge in [-0.15, -0.1) is 0 Å². The minimum absolute atomic E-state index is 0.241. The van der Waals surface area contributed by atoms with Gasteiger partial charge in [0.05, 0.1) is 29.8 Å². The minimum atomic E-state index is -0.241. The summed E-state index contributed by atoms with van der Waals surface area (Å²) in [5.74, 6) is -0.241. The van der Waals surface area contributed by atoms with Gasteiger partial charge in [-0.3, -0.25) is 9.78 Å². The third-order valence-corrected chi connectivity index (χ3v) is 2.24. The van der Waals surface area contributed by atoms with Gasteiger partial charge < -0.3 is 5.32 Å². The van der Waals surface area contributed by atoms with Gasteiger partial charge in [0, 0.05) is 10.7 Å². The van der Waals surface area contributed by atoms with Crippen molar-refractivity contribution in [2.24, 2.45) is 0 Å². The van der Waals surface area contributed by atoms with Crippen molar-refractivity contribution in [2.45, 2.75) is 0 Å². The summed E-state index contributed by atoms with van der Waals surface area (Å²) in [7, 11) is 0. The van der Waals surface area contributed by atoms with Crippen molar-refractivity contribution in [2.75, 3.05) is 5.32 Å². The lowest BCUT2D eigenvalue weighted by atomic mass is 10.3. The number of amides is 1. The predicted molar refractivity (Wildman–Crippen MR) is 61.9 cm³/mol. The van der Waals surface area contributed by atoms with Crippen molar-refractivity contribution in [3.63, 3.8) is 0 Å². The Morgan fingerprint density at radius 1 is 1.25 bits per heavy atom. The summed E-state index contributed by atoms with van der Waals surface area (Å²) in [4.78, 5) is 15.6. The van der Waals surface area contributed by atoms with Gasteiger partial charge in [-0.2, -0.15) is 10.2 Å². The predicted octanol–water partition coefficient (Wildman–Crippen LogP) is 1.89. The van der Waals surface area contributed by atoms with E-state index in [1.54, 1.807) is 24.5 Å². The highest BCUT2D eigenvalue weighted by molar-refractivity contribution is 9.10. The normalized spacial score (nSPS) is 9.81. The molecule has 0 atom stereocenters. The van der Waals surface area contributed by atoms with Crippen molar-refractivity contribution in [3.05, 3.63) is 47.0 Å². The van der Waals surface area contributed by atoms with Crippen molar-refractivity contribution in [3.8, 4) is 0 Å². The second kappa shape index (κ2) is 4.80. The molecule has 0 fully saturated rings. The van der Waals surface area contributed by atoms with E-state index in [0.29, 0.717) is 11.3 Å². The van der Waals surface area contributed by atoms with E-state index in [2.05, 4.69) is 36.4 Å². The summed E-state index contributed by atoms with van der Waals surface area (Å²) in [5.41, 5.74) is 1.08. The quantitative estimate of drug-likeness (QED) is 0.911. The molecule has 1 N–H and O–H groups in total. The monoisotopic (exact) mass is 278 g/mol. The second-order valence-corrected chi connectivity index (χ2v) is 3.89. The summed E-state index contributed by atoms with van der Waals surface area (Å²) in [5, 5.41) is 9.93. The Balaban J connectivity index is 2.14. The van der Waals surface area contributed by atoms with Crippen molar-refractivity contribution in [1.29, 1.82) is 0 Å². The molecule has 0 spiro atoms. The van der Waals surface area contributed by atoms with Crippen LogP contribution in [0.5, 0.6) is 0 Å². The van der Waals surface area contributed by atoms with E-state index in [1.165, 1.54) is 12.4 Å². The Labute approximate surface area is 100 Å². The number of rotatable bonds is 2. The van der Waals surface area contributed by atoms with E-state index in [0.717, 1.165) is 4.47 Å². The van der Waals surface area contributed by atoms with Gasteiger partial charge in [-0.25, -0.2) is 0 Å². The molecule has 80 valence electrons. The Hall–Kier alpha value is -1.82. The molecule has 16 heavy (non-hydrogen) atoms. The van der Waals surface area contributed by atoms with Crippen molar-refractivity contribution < 1.29 is 4.79 Å². The minimum Gasteiger partial charge on any atom is -0.321 e. The molecule has 1 amide bonds. The molecule has 2 aromatic rings. The van der Waals surface area contributed by atoms with Gasteiger partial charge >= 0.3 is 0 Å². The molecule has 0 saturated carbocycles. The number of anilines is 1. The van der Waals surface area contributed by atoms with Crippen LogP contribution in [0, 0.1) is 0 Å². The van der Waals surface area contributed by atoms with Gasteiger partial charge in [0.2, 0.25) is 0 Å². The molecule has 2 heterocycles. The first-order chi connectivity index (χ1) is 7.75. The zero-order valence-electron chi connectivity index (χ0n) is 8.09. The van der Waals surface area contributed by atoms with E-state index < -0.39 is 0 Å². The highest BCUT2D eigenvalue weighted by Gasteiger charge is 2.05. The Bertz CT molecular complexity index is 503. The van der Waals surface area contributed by atoms with Crippen LogP contribution in [0.4, 0.5) is 5.69 Å². The van der Waals surface area contributed by atoms with Crippen LogP contribution in [0.15, 0.2) is 41.4 Å². The van der Waals surface area contributed by atoms with Crippen LogP contribution in [0.25, 0.3) is 0 Å². The maximum absolute atomic E-state index is 11.7. The molecule has 2 rings (SSSR count). The van der Waals surface area contributed by atoms with Crippen LogP contribution in [-0.2, 0) is 0 Å². The van der Waals surface area contributed by atoms with Gasteiger partial charge in [0.1, 0.15) is 0 Å². The number of aromatic nitrogens is 3. The first kappa shape index (κ1) is 10.7. The third-order valence-electron chi connectivity index (χ3n) is 1.81. The average Bonchev–Trinajstić information content (AvgIpc) is 2.30. The highest BCUT2D eigenvalue weighted by atomic mass is 79.9. The third kappa shape index (κ3) is 2.60. The van der Waals surface area contributed by atoms with E-state index in [9.17, 15) is 4.79 Å². The summed E-state index contributed by atoms with van der Waals surface area (Å²) in [6.45, 7) is 0. The zero-order valence-corrected chi connectivity index (χ0v) is 9.68. The maximum Gasteiger partial charge on any atom is 0.257 e. The van der Waals surface area contributed by atoms with Crippen molar-refractivity contribution >= 4 is 27.5 Å². The number of carbonyl (C=O) groups is 1. The SMILES string of the molecule is O=C(Nc1cncc(Br)c1)c1ccnnc1. The summed E-state index contributed by atoms with van der Waals surface area (Å²) >= 11 is 3.27. The van der Waals surface area contributed by atoms with Crippen LogP contribution >= 0.6 is 15.9 Å². The van der Waals surface area contributed by atoms with Gasteiger partial charge in [-0.05, 0) is 28.1 Å². The van der Waals surface area contributed by atoms with Gasteiger partial charge in [-0.1, -0.05) is 0 Å². The number of nitrogens with one attached hydrogen (secondary N) is 1. The Kier molecular flexibility index (Phi) is 3.21. The zero-order chi connectivity index (χ0) is 11.4. The number of carbonyl (C=O) groups excluding carboxylic acids is 1. The molecule has 5 nitrogen and oxygen atoms in total. The molecule has 0 aliphatic heterocycles. The van der Waals surface area contributed by atoms with Crippen LogP contribution in [0.1, 0.15) is 10.4 Å². The van der Waals surface area contributed by atoms with Crippen LogP contribution in [-0.4, -0.2) is 21.1 Å². The second-order valence-electron chi connectivity index (χ2n) is 2.98. The van der Waals surface area contributed by atoms with Gasteiger partial charge in [0.15, 0.2) is 0 Å².